The fourth-order valence-corrected chi connectivity index (χ4v) is 2.75. The highest BCUT2D eigenvalue weighted by atomic mass is 16.5. The number of carbonyl (C=O) groups excluding carboxylic acids is 2. The highest BCUT2D eigenvalue weighted by Gasteiger charge is 2.30. The van der Waals surface area contributed by atoms with Crippen molar-refractivity contribution < 1.29 is 19.1 Å². The number of ether oxygens (including phenoxy) is 2. The summed E-state index contributed by atoms with van der Waals surface area (Å²) in [5.41, 5.74) is 1.42. The number of rotatable bonds is 4. The van der Waals surface area contributed by atoms with Gasteiger partial charge in [0.25, 0.3) is 5.91 Å². The van der Waals surface area contributed by atoms with Gasteiger partial charge >= 0.3 is 5.97 Å². The smallest absolute Gasteiger partial charge is 0.339 e. The van der Waals surface area contributed by atoms with Crippen molar-refractivity contribution in [3.05, 3.63) is 35.4 Å². The fourth-order valence-electron chi connectivity index (χ4n) is 2.75. The average Bonchev–Trinajstić information content (AvgIpc) is 2.56. The van der Waals surface area contributed by atoms with E-state index in [1.165, 1.54) is 0 Å². The van der Waals surface area contributed by atoms with E-state index in [4.69, 9.17) is 9.47 Å². The van der Waals surface area contributed by atoms with Gasteiger partial charge in [-0.3, -0.25) is 9.69 Å². The third-order valence-electron chi connectivity index (χ3n) is 4.02. The van der Waals surface area contributed by atoms with E-state index in [9.17, 15) is 9.59 Å². The second-order valence-electron chi connectivity index (χ2n) is 5.50. The first-order valence-corrected chi connectivity index (χ1v) is 7.61. The van der Waals surface area contributed by atoms with Crippen LogP contribution in [0.15, 0.2) is 24.3 Å². The topological polar surface area (TPSA) is 67.9 Å². The molecule has 1 fully saturated rings. The third kappa shape index (κ3) is 3.45. The summed E-state index contributed by atoms with van der Waals surface area (Å²) in [5.74, 6) is -0.647. The molecule has 2 aliphatic heterocycles. The molecule has 3 rings (SSSR count). The molecule has 6 heteroatoms. The number of esters is 1. The molecule has 6 nitrogen and oxygen atoms in total. The monoisotopic (exact) mass is 304 g/mol. The van der Waals surface area contributed by atoms with Crippen LogP contribution >= 0.6 is 0 Å². The molecule has 1 atom stereocenters. The van der Waals surface area contributed by atoms with Crippen LogP contribution in [0, 0.1) is 0 Å². The van der Waals surface area contributed by atoms with Crippen LogP contribution in [0.4, 0.5) is 0 Å². The van der Waals surface area contributed by atoms with E-state index >= 15 is 0 Å². The zero-order valence-electron chi connectivity index (χ0n) is 12.4. The Morgan fingerprint density at radius 1 is 1.27 bits per heavy atom. The van der Waals surface area contributed by atoms with Gasteiger partial charge < -0.3 is 14.8 Å². The Kier molecular flexibility index (Phi) is 4.70. The Labute approximate surface area is 129 Å². The van der Waals surface area contributed by atoms with E-state index in [0.717, 1.165) is 38.4 Å². The predicted molar refractivity (Wildman–Crippen MR) is 79.6 cm³/mol. The van der Waals surface area contributed by atoms with Crippen LogP contribution in [0.1, 0.15) is 15.9 Å². The third-order valence-corrected chi connectivity index (χ3v) is 4.02. The zero-order chi connectivity index (χ0) is 15.4. The number of nitrogens with zero attached hydrogens (tertiary/aromatic N) is 1. The van der Waals surface area contributed by atoms with Crippen molar-refractivity contribution in [1.82, 2.24) is 10.2 Å². The summed E-state index contributed by atoms with van der Waals surface area (Å²) >= 11 is 0. The van der Waals surface area contributed by atoms with Gasteiger partial charge in [-0.15, -0.1) is 0 Å². The Morgan fingerprint density at radius 3 is 2.86 bits per heavy atom. The van der Waals surface area contributed by atoms with Crippen molar-refractivity contribution >= 4 is 11.9 Å². The van der Waals surface area contributed by atoms with E-state index in [1.807, 2.05) is 12.1 Å². The molecule has 1 saturated heterocycles. The lowest BCUT2D eigenvalue weighted by molar-refractivity contribution is -0.130. The van der Waals surface area contributed by atoms with Gasteiger partial charge in [-0.05, 0) is 11.6 Å². The Morgan fingerprint density at radius 2 is 2.05 bits per heavy atom. The Bertz CT molecular complexity index is 555. The van der Waals surface area contributed by atoms with Crippen LogP contribution in [-0.2, 0) is 20.7 Å². The second kappa shape index (κ2) is 6.89. The van der Waals surface area contributed by atoms with Crippen molar-refractivity contribution in [1.29, 1.82) is 0 Å². The molecular weight excluding hydrogens is 284 g/mol. The zero-order valence-corrected chi connectivity index (χ0v) is 12.4. The molecule has 1 amide bonds. The molecular formula is C16H20N2O4. The largest absolute Gasteiger partial charge is 0.448 e. The van der Waals surface area contributed by atoms with Gasteiger partial charge in [0.05, 0.1) is 18.8 Å². The van der Waals surface area contributed by atoms with Gasteiger partial charge in [0.1, 0.15) is 0 Å². The summed E-state index contributed by atoms with van der Waals surface area (Å²) in [6.45, 7) is 4.60. The molecule has 1 aromatic carbocycles. The molecule has 1 aromatic rings. The first kappa shape index (κ1) is 15.0. The quantitative estimate of drug-likeness (QED) is 0.806. The lowest BCUT2D eigenvalue weighted by atomic mass is 9.98. The summed E-state index contributed by atoms with van der Waals surface area (Å²) in [6, 6.07) is 7.25. The SMILES string of the molecule is O=C1OC(C(=O)NCCN2CCOCC2)Cc2ccccc21. The fraction of sp³-hybridized carbons (Fsp3) is 0.500. The van der Waals surface area contributed by atoms with E-state index < -0.39 is 12.1 Å². The lowest BCUT2D eigenvalue weighted by Crippen LogP contribution is -2.45. The van der Waals surface area contributed by atoms with Crippen LogP contribution in [0.2, 0.25) is 0 Å². The minimum Gasteiger partial charge on any atom is -0.448 e. The van der Waals surface area contributed by atoms with Crippen LogP contribution in [-0.4, -0.2) is 62.3 Å². The maximum atomic E-state index is 12.2. The molecule has 22 heavy (non-hydrogen) atoms. The molecule has 118 valence electrons. The van der Waals surface area contributed by atoms with Crippen molar-refractivity contribution in [2.24, 2.45) is 0 Å². The molecule has 0 radical (unpaired) electrons. The van der Waals surface area contributed by atoms with Gasteiger partial charge in [0.15, 0.2) is 6.10 Å². The number of amides is 1. The normalized spacial score (nSPS) is 21.8. The minimum absolute atomic E-state index is 0.226. The Balaban J connectivity index is 1.50. The van der Waals surface area contributed by atoms with E-state index in [-0.39, 0.29) is 5.91 Å². The number of fused-ring (bicyclic) bond motifs is 1. The van der Waals surface area contributed by atoms with Crippen LogP contribution in [0.5, 0.6) is 0 Å². The second-order valence-corrected chi connectivity index (χ2v) is 5.50. The summed E-state index contributed by atoms with van der Waals surface area (Å²) < 4.78 is 10.5. The maximum absolute atomic E-state index is 12.2. The van der Waals surface area contributed by atoms with Gasteiger partial charge in [-0.1, -0.05) is 18.2 Å². The van der Waals surface area contributed by atoms with Crippen molar-refractivity contribution in [2.75, 3.05) is 39.4 Å². The molecule has 2 aliphatic rings. The highest BCUT2D eigenvalue weighted by Crippen LogP contribution is 2.20. The summed E-state index contributed by atoms with van der Waals surface area (Å²) in [5, 5.41) is 2.85. The number of carbonyl (C=O) groups is 2. The lowest BCUT2D eigenvalue weighted by Gasteiger charge is -2.27. The molecule has 1 unspecified atom stereocenters. The summed E-state index contributed by atoms with van der Waals surface area (Å²) in [4.78, 5) is 26.3. The van der Waals surface area contributed by atoms with Crippen LogP contribution in [0.3, 0.4) is 0 Å². The molecule has 0 aromatic heterocycles. The van der Waals surface area contributed by atoms with Crippen molar-refractivity contribution in [3.8, 4) is 0 Å². The Hall–Kier alpha value is -1.92. The van der Waals surface area contributed by atoms with Crippen LogP contribution < -0.4 is 5.32 Å². The van der Waals surface area contributed by atoms with Gasteiger partial charge in [-0.2, -0.15) is 0 Å². The van der Waals surface area contributed by atoms with Gasteiger partial charge in [-0.25, -0.2) is 4.79 Å². The molecule has 0 saturated carbocycles. The number of morpholine rings is 1. The highest BCUT2D eigenvalue weighted by molar-refractivity contribution is 5.95. The van der Waals surface area contributed by atoms with Crippen LogP contribution in [0.25, 0.3) is 0 Å². The van der Waals surface area contributed by atoms with E-state index in [1.54, 1.807) is 12.1 Å². The number of benzene rings is 1. The number of hydrogen-bond acceptors (Lipinski definition) is 5. The summed E-state index contributed by atoms with van der Waals surface area (Å²) in [7, 11) is 0. The summed E-state index contributed by atoms with van der Waals surface area (Å²) in [6.07, 6.45) is -0.294. The van der Waals surface area contributed by atoms with Gasteiger partial charge in [0, 0.05) is 32.6 Å². The molecule has 0 bridgehead atoms. The number of nitrogens with one attached hydrogen (secondary N) is 1. The van der Waals surface area contributed by atoms with E-state index in [0.29, 0.717) is 18.5 Å². The predicted octanol–water partition coefficient (Wildman–Crippen LogP) is 0.217. The average molecular weight is 304 g/mol. The molecule has 1 N–H and O–H groups in total. The molecule has 0 aliphatic carbocycles. The first-order chi connectivity index (χ1) is 10.7. The molecule has 0 spiro atoms. The number of cyclic esters (lactones) is 1. The standard InChI is InChI=1S/C16H20N2O4/c19-15(17-5-6-18-7-9-21-10-8-18)14-11-12-3-1-2-4-13(12)16(20)22-14/h1-4,14H,5-11H2,(H,17,19). The van der Waals surface area contributed by atoms with Crippen molar-refractivity contribution in [2.45, 2.75) is 12.5 Å². The maximum Gasteiger partial charge on any atom is 0.339 e. The first-order valence-electron chi connectivity index (χ1n) is 7.61. The van der Waals surface area contributed by atoms with Gasteiger partial charge in [0.2, 0.25) is 0 Å². The molecule has 2 heterocycles. The van der Waals surface area contributed by atoms with E-state index in [2.05, 4.69) is 10.2 Å². The minimum atomic E-state index is -0.730. The number of hydrogen-bond donors (Lipinski definition) is 1. The van der Waals surface area contributed by atoms with Crippen molar-refractivity contribution in [3.63, 3.8) is 0 Å².